The molecule has 7 nitrogen and oxygen atoms in total. The van der Waals surface area contributed by atoms with Gasteiger partial charge in [0.05, 0.1) is 18.4 Å². The Labute approximate surface area is 144 Å². The first-order valence-electron chi connectivity index (χ1n) is 7.97. The maximum absolute atomic E-state index is 12.2. The number of carbonyl (C=O) groups is 3. The summed E-state index contributed by atoms with van der Waals surface area (Å²) in [4.78, 5) is 35.6. The predicted molar refractivity (Wildman–Crippen MR) is 88.8 cm³/mol. The Morgan fingerprint density at radius 3 is 2.92 bits per heavy atom. The first-order valence-corrected chi connectivity index (χ1v) is 7.97. The fourth-order valence-electron chi connectivity index (χ4n) is 2.52. The Balaban J connectivity index is 1.57. The molecule has 0 saturated heterocycles. The first kappa shape index (κ1) is 16.8. The number of aryl methyl sites for hydroxylation is 1. The van der Waals surface area contributed by atoms with Crippen molar-refractivity contribution in [2.45, 2.75) is 32.4 Å². The minimum atomic E-state index is -0.932. The highest BCUT2D eigenvalue weighted by Gasteiger charge is 2.21. The highest BCUT2D eigenvalue weighted by molar-refractivity contribution is 5.96. The quantitative estimate of drug-likeness (QED) is 0.810. The van der Waals surface area contributed by atoms with Crippen LogP contribution in [0.3, 0.4) is 0 Å². The van der Waals surface area contributed by atoms with Gasteiger partial charge in [0.15, 0.2) is 6.10 Å². The van der Waals surface area contributed by atoms with Crippen molar-refractivity contribution in [3.05, 3.63) is 53.5 Å². The Morgan fingerprint density at radius 1 is 1.32 bits per heavy atom. The second-order valence-corrected chi connectivity index (χ2v) is 5.76. The highest BCUT2D eigenvalue weighted by Crippen LogP contribution is 2.24. The number of carbonyl (C=O) groups excluding carboxylic acids is 3. The number of benzene rings is 1. The summed E-state index contributed by atoms with van der Waals surface area (Å²) >= 11 is 0. The molecule has 7 heteroatoms. The van der Waals surface area contributed by atoms with Gasteiger partial charge in [0.25, 0.3) is 5.91 Å². The van der Waals surface area contributed by atoms with Gasteiger partial charge in [0, 0.05) is 12.1 Å². The van der Waals surface area contributed by atoms with E-state index in [0.29, 0.717) is 29.9 Å². The van der Waals surface area contributed by atoms with Crippen molar-refractivity contribution in [1.29, 1.82) is 0 Å². The topological polar surface area (TPSA) is 97.6 Å². The van der Waals surface area contributed by atoms with Crippen molar-refractivity contribution in [3.8, 4) is 0 Å². The van der Waals surface area contributed by atoms with Crippen LogP contribution in [0.5, 0.6) is 0 Å². The van der Waals surface area contributed by atoms with Crippen LogP contribution in [0.1, 0.15) is 35.0 Å². The fourth-order valence-corrected chi connectivity index (χ4v) is 2.52. The summed E-state index contributed by atoms with van der Waals surface area (Å²) in [6.45, 7) is 1.74. The third-order valence-corrected chi connectivity index (χ3v) is 3.91. The number of esters is 1. The van der Waals surface area contributed by atoms with Crippen LogP contribution >= 0.6 is 0 Å². The van der Waals surface area contributed by atoms with Crippen molar-refractivity contribution >= 4 is 23.5 Å². The van der Waals surface area contributed by atoms with E-state index in [4.69, 9.17) is 9.15 Å². The molecule has 0 spiro atoms. The molecule has 130 valence electrons. The molecule has 0 fully saturated rings. The van der Waals surface area contributed by atoms with E-state index >= 15 is 0 Å². The zero-order valence-corrected chi connectivity index (χ0v) is 13.7. The van der Waals surface area contributed by atoms with Gasteiger partial charge in [-0.3, -0.25) is 9.59 Å². The van der Waals surface area contributed by atoms with Crippen molar-refractivity contribution in [3.63, 3.8) is 0 Å². The second-order valence-electron chi connectivity index (χ2n) is 5.76. The number of ether oxygens (including phenoxy) is 1. The largest absolute Gasteiger partial charge is 0.467 e. The van der Waals surface area contributed by atoms with E-state index in [1.54, 1.807) is 30.3 Å². The van der Waals surface area contributed by atoms with Crippen LogP contribution in [0.4, 0.5) is 5.69 Å². The minimum absolute atomic E-state index is 0.0373. The number of fused-ring (bicyclic) bond motifs is 1. The van der Waals surface area contributed by atoms with Gasteiger partial charge in [-0.2, -0.15) is 0 Å². The molecule has 2 N–H and O–H groups in total. The SMILES string of the molecule is CC(OC(=O)c1ccc2c(c1)CCC(=O)N2)C(=O)NCc1ccco1. The van der Waals surface area contributed by atoms with Gasteiger partial charge in [0.2, 0.25) is 5.91 Å². The molecule has 2 aromatic rings. The lowest BCUT2D eigenvalue weighted by molar-refractivity contribution is -0.129. The number of hydrogen-bond donors (Lipinski definition) is 2. The summed E-state index contributed by atoms with van der Waals surface area (Å²) in [6.07, 6.45) is 1.54. The molecule has 1 atom stereocenters. The minimum Gasteiger partial charge on any atom is -0.467 e. The molecule has 3 rings (SSSR count). The lowest BCUT2D eigenvalue weighted by Gasteiger charge is -2.18. The Kier molecular flexibility index (Phi) is 4.83. The van der Waals surface area contributed by atoms with E-state index in [1.165, 1.54) is 13.2 Å². The Morgan fingerprint density at radius 2 is 2.16 bits per heavy atom. The van der Waals surface area contributed by atoms with E-state index in [-0.39, 0.29) is 12.5 Å². The number of rotatable bonds is 5. The molecule has 1 unspecified atom stereocenters. The molecular formula is C18H18N2O5. The number of furan rings is 1. The number of anilines is 1. The summed E-state index contributed by atoms with van der Waals surface area (Å²) in [7, 11) is 0. The molecule has 1 aromatic heterocycles. The highest BCUT2D eigenvalue weighted by atomic mass is 16.5. The average Bonchev–Trinajstić information content (AvgIpc) is 3.12. The monoisotopic (exact) mass is 342 g/mol. The lowest BCUT2D eigenvalue weighted by atomic mass is 10.0. The lowest BCUT2D eigenvalue weighted by Crippen LogP contribution is -2.35. The molecule has 1 aliphatic rings. The third-order valence-electron chi connectivity index (χ3n) is 3.91. The van der Waals surface area contributed by atoms with Crippen LogP contribution in [-0.4, -0.2) is 23.9 Å². The van der Waals surface area contributed by atoms with E-state index < -0.39 is 18.0 Å². The van der Waals surface area contributed by atoms with Crippen LogP contribution < -0.4 is 10.6 Å². The van der Waals surface area contributed by atoms with Gasteiger partial charge in [0.1, 0.15) is 5.76 Å². The molecule has 25 heavy (non-hydrogen) atoms. The summed E-state index contributed by atoms with van der Waals surface area (Å²) in [5, 5.41) is 5.39. The molecular weight excluding hydrogens is 324 g/mol. The van der Waals surface area contributed by atoms with Gasteiger partial charge in [-0.05, 0) is 49.2 Å². The van der Waals surface area contributed by atoms with Gasteiger partial charge in [-0.25, -0.2) is 4.79 Å². The predicted octanol–water partition coefficient (Wildman–Crippen LogP) is 2.03. The fraction of sp³-hybridized carbons (Fsp3) is 0.278. The summed E-state index contributed by atoms with van der Waals surface area (Å²) < 4.78 is 10.3. The molecule has 0 bridgehead atoms. The molecule has 0 radical (unpaired) electrons. The van der Waals surface area contributed by atoms with Crippen molar-refractivity contribution < 1.29 is 23.5 Å². The average molecular weight is 342 g/mol. The smallest absolute Gasteiger partial charge is 0.338 e. The van der Waals surface area contributed by atoms with Crippen molar-refractivity contribution in [1.82, 2.24) is 5.32 Å². The van der Waals surface area contributed by atoms with Gasteiger partial charge in [-0.1, -0.05) is 0 Å². The number of hydrogen-bond acceptors (Lipinski definition) is 5. The van der Waals surface area contributed by atoms with E-state index in [1.807, 2.05) is 0 Å². The number of amides is 2. The maximum Gasteiger partial charge on any atom is 0.338 e. The normalized spacial score (nSPS) is 14.2. The van der Waals surface area contributed by atoms with E-state index in [9.17, 15) is 14.4 Å². The van der Waals surface area contributed by atoms with Gasteiger partial charge >= 0.3 is 5.97 Å². The third kappa shape index (κ3) is 4.06. The second kappa shape index (κ2) is 7.21. The van der Waals surface area contributed by atoms with Crippen LogP contribution in [0.25, 0.3) is 0 Å². The molecule has 1 aliphatic heterocycles. The van der Waals surface area contributed by atoms with Crippen LogP contribution in [-0.2, 0) is 27.3 Å². The maximum atomic E-state index is 12.2. The summed E-state index contributed by atoms with van der Waals surface area (Å²) in [5.74, 6) is -0.413. The van der Waals surface area contributed by atoms with Crippen molar-refractivity contribution in [2.75, 3.05) is 5.32 Å². The first-order chi connectivity index (χ1) is 12.0. The molecule has 0 saturated carbocycles. The zero-order valence-electron chi connectivity index (χ0n) is 13.7. The van der Waals surface area contributed by atoms with E-state index in [2.05, 4.69) is 10.6 Å². The summed E-state index contributed by atoms with van der Waals surface area (Å²) in [5.41, 5.74) is 1.93. The molecule has 2 amide bonds. The molecule has 0 aliphatic carbocycles. The molecule has 2 heterocycles. The van der Waals surface area contributed by atoms with Crippen LogP contribution in [0.15, 0.2) is 41.0 Å². The van der Waals surface area contributed by atoms with E-state index in [0.717, 1.165) is 5.56 Å². The number of nitrogens with one attached hydrogen (secondary N) is 2. The van der Waals surface area contributed by atoms with Gasteiger partial charge < -0.3 is 19.8 Å². The zero-order chi connectivity index (χ0) is 17.8. The van der Waals surface area contributed by atoms with Crippen molar-refractivity contribution in [2.24, 2.45) is 0 Å². The Bertz CT molecular complexity index is 798. The standard InChI is InChI=1S/C18H18N2O5/c1-11(17(22)19-10-14-3-2-8-24-14)25-18(23)13-4-6-15-12(9-13)5-7-16(21)20-15/h2-4,6,8-9,11H,5,7,10H2,1H3,(H,19,22)(H,20,21). The van der Waals surface area contributed by atoms with Gasteiger partial charge in [-0.15, -0.1) is 0 Å². The Hall–Kier alpha value is -3.09. The summed E-state index contributed by atoms with van der Waals surface area (Å²) in [6, 6.07) is 8.39. The van der Waals surface area contributed by atoms with Crippen LogP contribution in [0.2, 0.25) is 0 Å². The molecule has 1 aromatic carbocycles. The van der Waals surface area contributed by atoms with Crippen LogP contribution in [0, 0.1) is 0 Å².